The van der Waals surface area contributed by atoms with Gasteiger partial charge in [-0.25, -0.2) is 8.42 Å². The highest BCUT2D eigenvalue weighted by atomic mass is 32.2. The van der Waals surface area contributed by atoms with Crippen molar-refractivity contribution in [1.82, 2.24) is 10.2 Å². The summed E-state index contributed by atoms with van der Waals surface area (Å²) in [6.07, 6.45) is 0.636. The molecule has 8 heteroatoms. The molecule has 0 bridgehead atoms. The van der Waals surface area contributed by atoms with Crippen molar-refractivity contribution in [2.24, 2.45) is 0 Å². The summed E-state index contributed by atoms with van der Waals surface area (Å²) in [5.74, 6) is 0.851. The van der Waals surface area contributed by atoms with E-state index in [1.165, 1.54) is 6.07 Å². The van der Waals surface area contributed by atoms with Gasteiger partial charge < -0.3 is 4.42 Å². The molecule has 0 aliphatic rings. The second-order valence-corrected chi connectivity index (χ2v) is 7.80. The van der Waals surface area contributed by atoms with E-state index in [1.54, 1.807) is 23.6 Å². The van der Waals surface area contributed by atoms with Gasteiger partial charge >= 0.3 is 0 Å². The average Bonchev–Trinajstić information content (AvgIpc) is 3.16. The summed E-state index contributed by atoms with van der Waals surface area (Å²) < 4.78 is 33.1. The Hall–Kier alpha value is -2.19. The van der Waals surface area contributed by atoms with Gasteiger partial charge in [-0.3, -0.25) is 4.72 Å². The van der Waals surface area contributed by atoms with Crippen molar-refractivity contribution in [3.05, 3.63) is 47.2 Å². The van der Waals surface area contributed by atoms with Gasteiger partial charge in [0.15, 0.2) is 0 Å². The lowest BCUT2D eigenvalue weighted by Crippen LogP contribution is -2.11. The van der Waals surface area contributed by atoms with Gasteiger partial charge in [-0.1, -0.05) is 19.1 Å². The van der Waals surface area contributed by atoms with Crippen LogP contribution in [0.15, 0.2) is 44.3 Å². The van der Waals surface area contributed by atoms with Crippen LogP contribution < -0.4 is 4.72 Å². The van der Waals surface area contributed by atoms with E-state index in [9.17, 15) is 8.42 Å². The van der Waals surface area contributed by atoms with Gasteiger partial charge in [0, 0.05) is 17.5 Å². The van der Waals surface area contributed by atoms with Crippen molar-refractivity contribution in [3.8, 4) is 11.5 Å². The van der Waals surface area contributed by atoms with Crippen molar-refractivity contribution in [2.75, 3.05) is 4.72 Å². The fourth-order valence-corrected chi connectivity index (χ4v) is 4.20. The standard InChI is InChI=1S/C15H15N3O3S2/c1-3-13-16-17-15(21-13)11-8-14(22-9-11)23(19,20)18-12-6-4-5-10(2)7-12/h4-9,18H,3H2,1-2H3. The summed E-state index contributed by atoms with van der Waals surface area (Å²) in [5, 5.41) is 9.50. The number of nitrogens with one attached hydrogen (secondary N) is 1. The molecule has 0 aliphatic carbocycles. The lowest BCUT2D eigenvalue weighted by molar-refractivity contribution is 0.513. The van der Waals surface area contributed by atoms with E-state index in [0.717, 1.165) is 16.9 Å². The Bertz CT molecular complexity index is 929. The third kappa shape index (κ3) is 3.43. The molecular formula is C15H15N3O3S2. The normalized spacial score (nSPS) is 11.6. The van der Waals surface area contributed by atoms with E-state index >= 15 is 0 Å². The molecule has 0 spiro atoms. The summed E-state index contributed by atoms with van der Waals surface area (Å²) in [4.78, 5) is 0. The number of thiophene rings is 1. The smallest absolute Gasteiger partial charge is 0.271 e. The first kappa shape index (κ1) is 15.7. The van der Waals surface area contributed by atoms with Gasteiger partial charge in [-0.15, -0.1) is 21.5 Å². The number of anilines is 1. The molecule has 1 aromatic carbocycles. The SMILES string of the molecule is CCc1nnc(-c2csc(S(=O)(=O)Nc3cccc(C)c3)c2)o1. The van der Waals surface area contributed by atoms with Crippen LogP contribution >= 0.6 is 11.3 Å². The first-order valence-corrected chi connectivity index (χ1v) is 9.35. The monoisotopic (exact) mass is 349 g/mol. The van der Waals surface area contributed by atoms with Crippen LogP contribution in [0.3, 0.4) is 0 Å². The number of sulfonamides is 1. The van der Waals surface area contributed by atoms with Crippen molar-refractivity contribution in [2.45, 2.75) is 24.5 Å². The lowest BCUT2D eigenvalue weighted by Gasteiger charge is -2.06. The van der Waals surface area contributed by atoms with Crippen molar-refractivity contribution >= 4 is 27.0 Å². The minimum atomic E-state index is -3.64. The molecule has 3 aromatic rings. The van der Waals surface area contributed by atoms with Crippen LogP contribution in [0, 0.1) is 6.92 Å². The Morgan fingerprint density at radius 1 is 1.26 bits per heavy atom. The minimum Gasteiger partial charge on any atom is -0.421 e. The fourth-order valence-electron chi connectivity index (χ4n) is 2.00. The topological polar surface area (TPSA) is 85.1 Å². The summed E-state index contributed by atoms with van der Waals surface area (Å²) in [6.45, 7) is 3.81. The molecule has 3 rings (SSSR count). The lowest BCUT2D eigenvalue weighted by atomic mass is 10.2. The van der Waals surface area contributed by atoms with Crippen molar-refractivity contribution < 1.29 is 12.8 Å². The van der Waals surface area contributed by atoms with Crippen LogP contribution in [-0.2, 0) is 16.4 Å². The third-order valence-electron chi connectivity index (χ3n) is 3.13. The third-order valence-corrected chi connectivity index (χ3v) is 5.95. The minimum absolute atomic E-state index is 0.199. The van der Waals surface area contributed by atoms with Gasteiger partial charge in [-0.2, -0.15) is 0 Å². The first-order valence-electron chi connectivity index (χ1n) is 6.98. The molecule has 0 atom stereocenters. The Balaban J connectivity index is 1.86. The number of hydrogen-bond acceptors (Lipinski definition) is 6. The quantitative estimate of drug-likeness (QED) is 0.762. The summed E-state index contributed by atoms with van der Waals surface area (Å²) >= 11 is 1.11. The summed E-state index contributed by atoms with van der Waals surface area (Å²) in [7, 11) is -3.64. The number of aromatic nitrogens is 2. The zero-order chi connectivity index (χ0) is 16.4. The van der Waals surface area contributed by atoms with Gasteiger partial charge in [0.25, 0.3) is 10.0 Å². The van der Waals surface area contributed by atoms with Gasteiger partial charge in [0.1, 0.15) is 4.21 Å². The highest BCUT2D eigenvalue weighted by Crippen LogP contribution is 2.29. The number of rotatable bonds is 5. The molecule has 2 heterocycles. The number of benzene rings is 1. The largest absolute Gasteiger partial charge is 0.421 e. The second-order valence-electron chi connectivity index (χ2n) is 4.98. The molecule has 0 saturated heterocycles. The number of nitrogens with zero attached hydrogens (tertiary/aromatic N) is 2. The molecule has 6 nitrogen and oxygen atoms in total. The van der Waals surface area contributed by atoms with E-state index < -0.39 is 10.0 Å². The molecule has 0 saturated carbocycles. The molecular weight excluding hydrogens is 334 g/mol. The molecule has 0 fully saturated rings. The van der Waals surface area contributed by atoms with Gasteiger partial charge in [0.2, 0.25) is 11.8 Å². The summed E-state index contributed by atoms with van der Waals surface area (Å²) in [5.41, 5.74) is 2.12. The zero-order valence-electron chi connectivity index (χ0n) is 12.6. The van der Waals surface area contributed by atoms with Crippen LogP contribution in [0.1, 0.15) is 18.4 Å². The Morgan fingerprint density at radius 3 is 2.78 bits per heavy atom. The number of hydrogen-bond donors (Lipinski definition) is 1. The van der Waals surface area contributed by atoms with Gasteiger partial charge in [-0.05, 0) is 30.7 Å². The first-order chi connectivity index (χ1) is 11.0. The van der Waals surface area contributed by atoms with Gasteiger partial charge in [0.05, 0.1) is 5.56 Å². The number of aryl methyl sites for hydroxylation is 2. The van der Waals surface area contributed by atoms with E-state index in [2.05, 4.69) is 14.9 Å². The van der Waals surface area contributed by atoms with Crippen LogP contribution in [-0.4, -0.2) is 18.6 Å². The maximum atomic E-state index is 12.5. The van der Waals surface area contributed by atoms with E-state index in [4.69, 9.17) is 4.42 Å². The van der Waals surface area contributed by atoms with Crippen LogP contribution in [0.25, 0.3) is 11.5 Å². The van der Waals surface area contributed by atoms with Crippen LogP contribution in [0.4, 0.5) is 5.69 Å². The highest BCUT2D eigenvalue weighted by Gasteiger charge is 2.19. The van der Waals surface area contributed by atoms with E-state index in [-0.39, 0.29) is 4.21 Å². The molecule has 2 aromatic heterocycles. The predicted octanol–water partition coefficient (Wildman–Crippen LogP) is 3.47. The Morgan fingerprint density at radius 2 is 2.09 bits per heavy atom. The van der Waals surface area contributed by atoms with E-state index in [1.807, 2.05) is 19.9 Å². The Labute approximate surface area is 138 Å². The molecule has 120 valence electrons. The van der Waals surface area contributed by atoms with Crippen molar-refractivity contribution in [3.63, 3.8) is 0 Å². The highest BCUT2D eigenvalue weighted by molar-refractivity contribution is 7.94. The summed E-state index contributed by atoms with van der Waals surface area (Å²) in [6, 6.07) is 8.73. The fraction of sp³-hybridized carbons (Fsp3) is 0.200. The van der Waals surface area contributed by atoms with E-state index in [0.29, 0.717) is 29.5 Å². The van der Waals surface area contributed by atoms with Crippen molar-refractivity contribution in [1.29, 1.82) is 0 Å². The maximum absolute atomic E-state index is 12.5. The molecule has 0 amide bonds. The molecule has 23 heavy (non-hydrogen) atoms. The second kappa shape index (κ2) is 6.13. The molecule has 0 radical (unpaired) electrons. The van der Waals surface area contributed by atoms with Crippen LogP contribution in [0.5, 0.6) is 0 Å². The zero-order valence-corrected chi connectivity index (χ0v) is 14.2. The molecule has 0 unspecified atom stereocenters. The molecule has 0 aliphatic heterocycles. The maximum Gasteiger partial charge on any atom is 0.271 e. The Kier molecular flexibility index (Phi) is 4.18. The predicted molar refractivity (Wildman–Crippen MR) is 89.0 cm³/mol. The average molecular weight is 349 g/mol. The van der Waals surface area contributed by atoms with Crippen LogP contribution in [0.2, 0.25) is 0 Å². The molecule has 1 N–H and O–H groups in total.